The van der Waals surface area contributed by atoms with Gasteiger partial charge in [-0.1, -0.05) is 12.1 Å². The lowest BCUT2D eigenvalue weighted by Crippen LogP contribution is -2.19. The summed E-state index contributed by atoms with van der Waals surface area (Å²) in [5.41, 5.74) is 0.413. The molecule has 9 heteroatoms. The summed E-state index contributed by atoms with van der Waals surface area (Å²) in [5, 5.41) is 17.9. The minimum absolute atomic E-state index is 0.0668. The maximum absolute atomic E-state index is 12.6. The van der Waals surface area contributed by atoms with Crippen LogP contribution in [-0.4, -0.2) is 22.5 Å². The third-order valence-electron chi connectivity index (χ3n) is 3.10. The Bertz CT molecular complexity index is 752. The van der Waals surface area contributed by atoms with Crippen molar-refractivity contribution >= 4 is 11.8 Å². The first-order chi connectivity index (χ1) is 11.3. The number of benzene rings is 1. The average molecular weight is 336 g/mol. The van der Waals surface area contributed by atoms with Crippen LogP contribution < -0.4 is 10.1 Å². The van der Waals surface area contributed by atoms with Crippen molar-refractivity contribution in [3.63, 3.8) is 0 Å². The fourth-order valence-electron chi connectivity index (χ4n) is 1.72. The van der Waals surface area contributed by atoms with Gasteiger partial charge in [-0.25, -0.2) is 4.79 Å². The van der Waals surface area contributed by atoms with Crippen molar-refractivity contribution in [2.45, 2.75) is 19.0 Å². The Kier molecular flexibility index (Phi) is 4.99. The highest BCUT2D eigenvalue weighted by atomic mass is 19.4. The highest BCUT2D eigenvalue weighted by Crippen LogP contribution is 2.34. The van der Waals surface area contributed by atoms with Crippen molar-refractivity contribution in [1.82, 2.24) is 10.2 Å². The number of aromatic nitrogens is 2. The van der Waals surface area contributed by atoms with E-state index in [-0.39, 0.29) is 22.8 Å². The summed E-state index contributed by atoms with van der Waals surface area (Å²) in [6.45, 7) is 1.06. The summed E-state index contributed by atoms with van der Waals surface area (Å²) in [7, 11) is 0. The molecule has 2 rings (SSSR count). The van der Waals surface area contributed by atoms with E-state index in [1.165, 1.54) is 36.4 Å². The molecule has 1 aromatic carbocycles. The highest BCUT2D eigenvalue weighted by Gasteiger charge is 2.36. The molecule has 0 radical (unpaired) electrons. The zero-order chi connectivity index (χ0) is 17.7. The molecular formula is C15H11F3N4O2. The van der Waals surface area contributed by atoms with Gasteiger partial charge in [0.2, 0.25) is 5.88 Å². The third kappa shape index (κ3) is 4.42. The van der Waals surface area contributed by atoms with E-state index in [0.717, 1.165) is 6.92 Å². The average Bonchev–Trinajstić information content (AvgIpc) is 2.54. The largest absolute Gasteiger partial charge is 0.418 e. The number of anilines is 1. The molecule has 1 unspecified atom stereocenters. The summed E-state index contributed by atoms with van der Waals surface area (Å²) < 4.78 is 42.7. The van der Waals surface area contributed by atoms with Crippen LogP contribution >= 0.6 is 0 Å². The van der Waals surface area contributed by atoms with Gasteiger partial charge in [-0.05, 0) is 30.7 Å². The first-order valence-electron chi connectivity index (χ1n) is 6.69. The topological polar surface area (TPSA) is 87.9 Å². The number of nitrogens with one attached hydrogen (secondary N) is 1. The summed E-state index contributed by atoms with van der Waals surface area (Å²) in [5.74, 6) is -1.72. The van der Waals surface area contributed by atoms with E-state index >= 15 is 0 Å². The van der Waals surface area contributed by atoms with Crippen molar-refractivity contribution in [2.24, 2.45) is 0 Å². The molecule has 2 aromatic rings. The second-order valence-corrected chi connectivity index (χ2v) is 4.77. The van der Waals surface area contributed by atoms with Gasteiger partial charge in [-0.2, -0.15) is 18.4 Å². The SMILES string of the molecule is CC(c1ccc(NC(=O)Oc2ccc(C#N)nn2)cc1)C(F)(F)F. The molecule has 1 N–H and O–H groups in total. The Balaban J connectivity index is 1.98. The second-order valence-electron chi connectivity index (χ2n) is 4.77. The Morgan fingerprint density at radius 1 is 1.21 bits per heavy atom. The minimum atomic E-state index is -4.33. The summed E-state index contributed by atoms with van der Waals surface area (Å²) in [4.78, 5) is 11.7. The number of carbonyl (C=O) groups excluding carboxylic acids is 1. The van der Waals surface area contributed by atoms with Crippen molar-refractivity contribution < 1.29 is 22.7 Å². The number of alkyl halides is 3. The number of nitrogens with zero attached hydrogens (tertiary/aromatic N) is 3. The zero-order valence-electron chi connectivity index (χ0n) is 12.3. The summed E-state index contributed by atoms with van der Waals surface area (Å²) in [6, 6.07) is 9.60. The lowest BCUT2D eigenvalue weighted by Gasteiger charge is -2.16. The van der Waals surface area contributed by atoms with E-state index in [2.05, 4.69) is 15.5 Å². The smallest absolute Gasteiger partial charge is 0.389 e. The number of ether oxygens (including phenoxy) is 1. The third-order valence-corrected chi connectivity index (χ3v) is 3.10. The Labute approximate surface area is 134 Å². The predicted molar refractivity (Wildman–Crippen MR) is 77.3 cm³/mol. The standard InChI is InChI=1S/C15H11F3N4O2/c1-9(15(16,17)18)10-2-4-11(5-3-10)20-14(23)24-13-7-6-12(8-19)21-22-13/h2-7,9H,1H3,(H,20,23). The fourth-order valence-corrected chi connectivity index (χ4v) is 1.72. The van der Waals surface area contributed by atoms with Gasteiger partial charge in [0.25, 0.3) is 0 Å². The number of hydrogen-bond donors (Lipinski definition) is 1. The molecule has 0 saturated carbocycles. The molecule has 0 bridgehead atoms. The van der Waals surface area contributed by atoms with E-state index in [1.54, 1.807) is 6.07 Å². The van der Waals surface area contributed by atoms with Crippen LogP contribution in [0.25, 0.3) is 0 Å². The molecule has 0 saturated heterocycles. The zero-order valence-corrected chi connectivity index (χ0v) is 12.3. The summed E-state index contributed by atoms with van der Waals surface area (Å²) >= 11 is 0. The van der Waals surface area contributed by atoms with Crippen molar-refractivity contribution in [3.8, 4) is 11.9 Å². The molecule has 1 amide bonds. The van der Waals surface area contributed by atoms with E-state index in [0.29, 0.717) is 0 Å². The molecule has 0 spiro atoms. The minimum Gasteiger partial charge on any atom is -0.389 e. The number of hydrogen-bond acceptors (Lipinski definition) is 5. The van der Waals surface area contributed by atoms with Crippen LogP contribution in [0, 0.1) is 11.3 Å². The van der Waals surface area contributed by atoms with Crippen molar-refractivity contribution in [1.29, 1.82) is 5.26 Å². The lowest BCUT2D eigenvalue weighted by atomic mass is 10.0. The molecule has 124 valence electrons. The van der Waals surface area contributed by atoms with E-state index in [9.17, 15) is 18.0 Å². The van der Waals surface area contributed by atoms with Crippen molar-refractivity contribution in [3.05, 3.63) is 47.7 Å². The van der Waals surface area contributed by atoms with Crippen molar-refractivity contribution in [2.75, 3.05) is 5.32 Å². The quantitative estimate of drug-likeness (QED) is 0.925. The molecule has 1 atom stereocenters. The van der Waals surface area contributed by atoms with Gasteiger partial charge in [0.15, 0.2) is 5.69 Å². The second kappa shape index (κ2) is 6.95. The Hall–Kier alpha value is -3.15. The molecule has 0 aliphatic carbocycles. The first-order valence-corrected chi connectivity index (χ1v) is 6.69. The van der Waals surface area contributed by atoms with Crippen LogP contribution in [0.2, 0.25) is 0 Å². The molecular weight excluding hydrogens is 325 g/mol. The van der Waals surface area contributed by atoms with Crippen LogP contribution in [0.1, 0.15) is 24.1 Å². The first kappa shape index (κ1) is 17.2. The monoisotopic (exact) mass is 336 g/mol. The maximum Gasteiger partial charge on any atom is 0.418 e. The van der Waals surface area contributed by atoms with Crippen LogP contribution in [0.5, 0.6) is 5.88 Å². The normalized spacial score (nSPS) is 12.1. The predicted octanol–water partition coefficient (Wildman–Crippen LogP) is 3.62. The number of rotatable bonds is 3. The van der Waals surface area contributed by atoms with Gasteiger partial charge in [0.05, 0.1) is 5.92 Å². The fraction of sp³-hybridized carbons (Fsp3) is 0.200. The van der Waals surface area contributed by atoms with Gasteiger partial charge in [-0.15, -0.1) is 10.2 Å². The van der Waals surface area contributed by atoms with Crippen LogP contribution in [-0.2, 0) is 0 Å². The van der Waals surface area contributed by atoms with E-state index in [1.807, 2.05) is 0 Å². The molecule has 0 aliphatic rings. The van der Waals surface area contributed by atoms with Gasteiger partial charge < -0.3 is 4.74 Å². The molecule has 1 aromatic heterocycles. The van der Waals surface area contributed by atoms with Gasteiger partial charge >= 0.3 is 12.3 Å². The Morgan fingerprint density at radius 3 is 2.38 bits per heavy atom. The molecule has 0 aliphatic heterocycles. The van der Waals surface area contributed by atoms with Gasteiger partial charge in [0, 0.05) is 11.8 Å². The number of carbonyl (C=O) groups is 1. The van der Waals surface area contributed by atoms with Crippen LogP contribution in [0.3, 0.4) is 0 Å². The van der Waals surface area contributed by atoms with E-state index in [4.69, 9.17) is 10.00 Å². The summed E-state index contributed by atoms with van der Waals surface area (Å²) in [6.07, 6.45) is -5.21. The van der Waals surface area contributed by atoms with Crippen LogP contribution in [0.4, 0.5) is 23.7 Å². The number of amides is 1. The molecule has 1 heterocycles. The van der Waals surface area contributed by atoms with Crippen LogP contribution in [0.15, 0.2) is 36.4 Å². The highest BCUT2D eigenvalue weighted by molar-refractivity contribution is 5.86. The lowest BCUT2D eigenvalue weighted by molar-refractivity contribution is -0.146. The van der Waals surface area contributed by atoms with Gasteiger partial charge in [-0.3, -0.25) is 5.32 Å². The molecule has 24 heavy (non-hydrogen) atoms. The maximum atomic E-state index is 12.6. The number of nitriles is 1. The molecule has 6 nitrogen and oxygen atoms in total. The Morgan fingerprint density at radius 2 is 1.88 bits per heavy atom. The molecule has 0 fully saturated rings. The van der Waals surface area contributed by atoms with Gasteiger partial charge in [0.1, 0.15) is 6.07 Å². The van der Waals surface area contributed by atoms with E-state index < -0.39 is 18.2 Å². The number of halogens is 3.